The summed E-state index contributed by atoms with van der Waals surface area (Å²) in [4.78, 5) is 15.3. The van der Waals surface area contributed by atoms with Gasteiger partial charge < -0.3 is 21.1 Å². The molecule has 0 aromatic carbocycles. The minimum atomic E-state index is -0.430. The molecule has 0 saturated carbocycles. The predicted molar refractivity (Wildman–Crippen MR) is 76.0 cm³/mol. The Balaban J connectivity index is 1.89. The Labute approximate surface area is 115 Å². The van der Waals surface area contributed by atoms with Gasteiger partial charge in [0, 0.05) is 39.3 Å². The third-order valence-electron chi connectivity index (χ3n) is 3.58. The fourth-order valence-electron chi connectivity index (χ4n) is 2.40. The minimum Gasteiger partial charge on any atom is -0.395 e. The average molecular weight is 272 g/mol. The van der Waals surface area contributed by atoms with Gasteiger partial charge in [-0.1, -0.05) is 12.8 Å². The number of urea groups is 1. The van der Waals surface area contributed by atoms with Gasteiger partial charge >= 0.3 is 6.03 Å². The van der Waals surface area contributed by atoms with Gasteiger partial charge in [-0.25, -0.2) is 4.79 Å². The average Bonchev–Trinajstić information content (AvgIpc) is 2.39. The second-order valence-corrected chi connectivity index (χ2v) is 5.11. The summed E-state index contributed by atoms with van der Waals surface area (Å²) in [7, 11) is 0. The van der Waals surface area contributed by atoms with Crippen molar-refractivity contribution in [3.05, 3.63) is 0 Å². The van der Waals surface area contributed by atoms with Gasteiger partial charge in [0.1, 0.15) is 0 Å². The van der Waals surface area contributed by atoms with Crippen LogP contribution in [0.25, 0.3) is 0 Å². The summed E-state index contributed by atoms with van der Waals surface area (Å²) in [5, 5.41) is 11.5. The number of aliphatic hydroxyl groups is 1. The molecule has 0 atom stereocenters. The largest absolute Gasteiger partial charge is 0.395 e. The number of carbonyl (C=O) groups excluding carboxylic acids is 1. The summed E-state index contributed by atoms with van der Waals surface area (Å²) in [5.74, 6) is 0. The Morgan fingerprint density at radius 1 is 1.00 bits per heavy atom. The Hall–Kier alpha value is -0.850. The molecule has 112 valence electrons. The Kier molecular flexibility index (Phi) is 8.53. The first kappa shape index (κ1) is 16.2. The zero-order valence-electron chi connectivity index (χ0n) is 11.8. The molecule has 0 aliphatic carbocycles. The lowest BCUT2D eigenvalue weighted by Gasteiger charge is -2.34. The van der Waals surface area contributed by atoms with Crippen LogP contribution in [-0.2, 0) is 0 Å². The van der Waals surface area contributed by atoms with Gasteiger partial charge in [-0.05, 0) is 19.4 Å². The molecule has 0 aromatic heterocycles. The van der Waals surface area contributed by atoms with E-state index in [1.807, 2.05) is 0 Å². The molecule has 1 fully saturated rings. The molecule has 1 rings (SSSR count). The number of aliphatic hydroxyl groups excluding tert-OH is 1. The number of carbonyl (C=O) groups is 1. The number of hydrogen-bond acceptors (Lipinski definition) is 4. The number of amides is 2. The summed E-state index contributed by atoms with van der Waals surface area (Å²) in [6.07, 6.45) is 4.58. The smallest absolute Gasteiger partial charge is 0.312 e. The van der Waals surface area contributed by atoms with E-state index in [1.54, 1.807) is 0 Å². The molecule has 0 aromatic rings. The monoisotopic (exact) mass is 272 g/mol. The maximum atomic E-state index is 10.5. The number of nitrogens with two attached hydrogens (primary N) is 1. The number of hydrogen-bond donors (Lipinski definition) is 3. The molecule has 0 spiro atoms. The molecule has 0 bridgehead atoms. The van der Waals surface area contributed by atoms with E-state index >= 15 is 0 Å². The van der Waals surface area contributed by atoms with E-state index < -0.39 is 6.03 Å². The van der Waals surface area contributed by atoms with E-state index in [4.69, 9.17) is 10.8 Å². The van der Waals surface area contributed by atoms with Crippen molar-refractivity contribution in [2.45, 2.75) is 25.7 Å². The Morgan fingerprint density at radius 3 is 2.16 bits per heavy atom. The lowest BCUT2D eigenvalue weighted by molar-refractivity contribution is 0.111. The minimum absolute atomic E-state index is 0.263. The van der Waals surface area contributed by atoms with Crippen LogP contribution in [0.3, 0.4) is 0 Å². The normalized spacial score (nSPS) is 17.5. The molecule has 0 radical (unpaired) electrons. The van der Waals surface area contributed by atoms with Crippen LogP contribution in [0.5, 0.6) is 0 Å². The van der Waals surface area contributed by atoms with Crippen LogP contribution in [0.2, 0.25) is 0 Å². The van der Waals surface area contributed by atoms with Gasteiger partial charge in [0.05, 0.1) is 6.61 Å². The van der Waals surface area contributed by atoms with E-state index in [1.165, 1.54) is 12.8 Å². The molecular formula is C13H28N4O2. The van der Waals surface area contributed by atoms with Crippen molar-refractivity contribution in [1.82, 2.24) is 15.1 Å². The molecule has 0 unspecified atom stereocenters. The third kappa shape index (κ3) is 8.02. The van der Waals surface area contributed by atoms with Gasteiger partial charge in [-0.2, -0.15) is 0 Å². The van der Waals surface area contributed by atoms with E-state index in [2.05, 4.69) is 15.1 Å². The first-order valence-electron chi connectivity index (χ1n) is 7.31. The van der Waals surface area contributed by atoms with Crippen molar-refractivity contribution in [2.24, 2.45) is 5.73 Å². The predicted octanol–water partition coefficient (Wildman–Crippen LogP) is -0.175. The van der Waals surface area contributed by atoms with Crippen LogP contribution in [-0.4, -0.2) is 73.4 Å². The van der Waals surface area contributed by atoms with E-state index in [0.717, 1.165) is 52.1 Å². The lowest BCUT2D eigenvalue weighted by atomic mass is 10.2. The summed E-state index contributed by atoms with van der Waals surface area (Å²) < 4.78 is 0. The molecule has 6 nitrogen and oxygen atoms in total. The number of nitrogens with zero attached hydrogens (tertiary/aromatic N) is 2. The van der Waals surface area contributed by atoms with Gasteiger partial charge in [-0.3, -0.25) is 4.90 Å². The first-order chi connectivity index (χ1) is 9.22. The van der Waals surface area contributed by atoms with Crippen LogP contribution in [0.1, 0.15) is 25.7 Å². The SMILES string of the molecule is NC(=O)NCCCCCCN1CCN(CCO)CC1. The summed E-state index contributed by atoms with van der Waals surface area (Å²) in [5.41, 5.74) is 4.99. The van der Waals surface area contributed by atoms with Crippen LogP contribution in [0.15, 0.2) is 0 Å². The molecule has 2 amide bonds. The molecule has 1 aliphatic heterocycles. The van der Waals surface area contributed by atoms with Gasteiger partial charge in [0.15, 0.2) is 0 Å². The number of β-amino-alcohol motifs (C(OH)–C–C–N with tert-alkyl or cyclic N) is 1. The van der Waals surface area contributed by atoms with Crippen molar-refractivity contribution in [2.75, 3.05) is 52.4 Å². The molecule has 1 saturated heterocycles. The van der Waals surface area contributed by atoms with E-state index in [9.17, 15) is 4.79 Å². The molecular weight excluding hydrogens is 244 g/mol. The van der Waals surface area contributed by atoms with Crippen molar-refractivity contribution in [3.8, 4) is 0 Å². The maximum absolute atomic E-state index is 10.5. The highest BCUT2D eigenvalue weighted by molar-refractivity contribution is 5.71. The number of piperazine rings is 1. The van der Waals surface area contributed by atoms with Gasteiger partial charge in [0.25, 0.3) is 0 Å². The van der Waals surface area contributed by atoms with E-state index in [0.29, 0.717) is 6.54 Å². The van der Waals surface area contributed by atoms with Crippen LogP contribution in [0, 0.1) is 0 Å². The lowest BCUT2D eigenvalue weighted by Crippen LogP contribution is -2.47. The van der Waals surface area contributed by atoms with Crippen LogP contribution in [0.4, 0.5) is 4.79 Å². The summed E-state index contributed by atoms with van der Waals surface area (Å²) >= 11 is 0. The zero-order chi connectivity index (χ0) is 13.9. The topological polar surface area (TPSA) is 81.8 Å². The maximum Gasteiger partial charge on any atom is 0.312 e. The number of nitrogens with one attached hydrogen (secondary N) is 1. The van der Waals surface area contributed by atoms with Crippen molar-refractivity contribution in [3.63, 3.8) is 0 Å². The Morgan fingerprint density at radius 2 is 1.58 bits per heavy atom. The summed E-state index contributed by atoms with van der Waals surface area (Å²) in [6, 6.07) is -0.430. The molecule has 19 heavy (non-hydrogen) atoms. The molecule has 4 N–H and O–H groups in total. The van der Waals surface area contributed by atoms with Crippen molar-refractivity contribution >= 4 is 6.03 Å². The third-order valence-corrected chi connectivity index (χ3v) is 3.58. The fraction of sp³-hybridized carbons (Fsp3) is 0.923. The van der Waals surface area contributed by atoms with Crippen molar-refractivity contribution < 1.29 is 9.90 Å². The van der Waals surface area contributed by atoms with Gasteiger partial charge in [0.2, 0.25) is 0 Å². The van der Waals surface area contributed by atoms with Gasteiger partial charge in [-0.15, -0.1) is 0 Å². The highest BCUT2D eigenvalue weighted by Crippen LogP contribution is 2.05. The number of unbranched alkanes of at least 4 members (excludes halogenated alkanes) is 3. The highest BCUT2D eigenvalue weighted by atomic mass is 16.3. The molecule has 1 heterocycles. The van der Waals surface area contributed by atoms with E-state index in [-0.39, 0.29) is 6.61 Å². The first-order valence-corrected chi connectivity index (χ1v) is 7.31. The fourth-order valence-corrected chi connectivity index (χ4v) is 2.40. The molecule has 6 heteroatoms. The summed E-state index contributed by atoms with van der Waals surface area (Å²) in [6.45, 7) is 7.30. The Bertz CT molecular complexity index is 243. The molecule has 1 aliphatic rings. The zero-order valence-corrected chi connectivity index (χ0v) is 11.8. The number of rotatable bonds is 9. The van der Waals surface area contributed by atoms with Crippen molar-refractivity contribution in [1.29, 1.82) is 0 Å². The second-order valence-electron chi connectivity index (χ2n) is 5.11. The number of primary amides is 1. The van der Waals surface area contributed by atoms with Crippen LogP contribution >= 0.6 is 0 Å². The highest BCUT2D eigenvalue weighted by Gasteiger charge is 2.15. The standard InChI is InChI=1S/C13H28N4O2/c14-13(19)15-5-3-1-2-4-6-16-7-9-17(10-8-16)11-12-18/h18H,1-12H2,(H3,14,15,19). The van der Waals surface area contributed by atoms with Crippen LogP contribution < -0.4 is 11.1 Å². The quantitative estimate of drug-likeness (QED) is 0.509. The second kappa shape index (κ2) is 10.00.